The fourth-order valence-electron chi connectivity index (χ4n) is 0.937. The lowest BCUT2D eigenvalue weighted by atomic mass is 10.3. The topological polar surface area (TPSA) is 26.3 Å². The Morgan fingerprint density at radius 3 is 3.08 bits per heavy atom. The average molecular weight is 198 g/mol. The van der Waals surface area contributed by atoms with E-state index in [1.54, 1.807) is 11.3 Å². The smallest absolute Gasteiger partial charge is 0.311 e. The molecular formula is C10H14O2S. The van der Waals surface area contributed by atoms with Crippen LogP contribution in [0.3, 0.4) is 0 Å². The fraction of sp³-hybridized carbons (Fsp3) is 0.500. The maximum absolute atomic E-state index is 11.2. The van der Waals surface area contributed by atoms with Gasteiger partial charge in [0.1, 0.15) is 0 Å². The van der Waals surface area contributed by atoms with Gasteiger partial charge in [-0.3, -0.25) is 4.79 Å². The van der Waals surface area contributed by atoms with Crippen molar-refractivity contribution in [2.45, 2.75) is 26.2 Å². The zero-order valence-corrected chi connectivity index (χ0v) is 8.60. The van der Waals surface area contributed by atoms with Gasteiger partial charge in [0.05, 0.1) is 13.0 Å². The molecule has 1 heterocycles. The lowest BCUT2D eigenvalue weighted by Crippen LogP contribution is -2.07. The number of hydrogen-bond donors (Lipinski definition) is 0. The SMILES string of the molecule is CCCCOC(=O)Cc1cccs1. The summed E-state index contributed by atoms with van der Waals surface area (Å²) < 4.78 is 5.02. The van der Waals surface area contributed by atoms with Crippen molar-refractivity contribution in [2.24, 2.45) is 0 Å². The summed E-state index contributed by atoms with van der Waals surface area (Å²) in [6.07, 6.45) is 2.43. The van der Waals surface area contributed by atoms with Crippen LogP contribution in [0.25, 0.3) is 0 Å². The minimum atomic E-state index is -0.115. The number of carbonyl (C=O) groups is 1. The largest absolute Gasteiger partial charge is 0.465 e. The number of esters is 1. The van der Waals surface area contributed by atoms with E-state index in [9.17, 15) is 4.79 Å². The molecule has 0 unspecified atom stereocenters. The van der Waals surface area contributed by atoms with E-state index in [0.717, 1.165) is 17.7 Å². The second kappa shape index (κ2) is 5.75. The second-order valence-corrected chi connectivity index (χ2v) is 3.86. The molecule has 0 atom stereocenters. The van der Waals surface area contributed by atoms with Gasteiger partial charge in [0.25, 0.3) is 0 Å². The van der Waals surface area contributed by atoms with Crippen molar-refractivity contribution >= 4 is 17.3 Å². The van der Waals surface area contributed by atoms with Crippen LogP contribution < -0.4 is 0 Å². The van der Waals surface area contributed by atoms with E-state index < -0.39 is 0 Å². The van der Waals surface area contributed by atoms with Crippen LogP contribution in [-0.2, 0) is 16.0 Å². The minimum absolute atomic E-state index is 0.115. The first-order valence-electron chi connectivity index (χ1n) is 4.51. The molecule has 1 aromatic rings. The maximum atomic E-state index is 11.2. The molecule has 0 bridgehead atoms. The van der Waals surface area contributed by atoms with E-state index >= 15 is 0 Å². The van der Waals surface area contributed by atoms with E-state index in [4.69, 9.17) is 4.74 Å². The molecule has 0 aliphatic carbocycles. The van der Waals surface area contributed by atoms with Gasteiger partial charge in [0.2, 0.25) is 0 Å². The standard InChI is InChI=1S/C10H14O2S/c1-2-3-6-12-10(11)8-9-5-4-7-13-9/h4-5,7H,2-3,6,8H2,1H3. The van der Waals surface area contributed by atoms with Crippen LogP contribution >= 0.6 is 11.3 Å². The van der Waals surface area contributed by atoms with Gasteiger partial charge in [0, 0.05) is 4.88 Å². The number of hydrogen-bond acceptors (Lipinski definition) is 3. The number of unbranched alkanes of at least 4 members (excludes halogenated alkanes) is 1. The normalized spacial score (nSPS) is 9.92. The van der Waals surface area contributed by atoms with Crippen molar-refractivity contribution in [1.82, 2.24) is 0 Å². The summed E-state index contributed by atoms with van der Waals surface area (Å²) >= 11 is 1.59. The van der Waals surface area contributed by atoms with E-state index in [1.807, 2.05) is 17.5 Å². The highest BCUT2D eigenvalue weighted by atomic mass is 32.1. The first-order valence-corrected chi connectivity index (χ1v) is 5.39. The Balaban J connectivity index is 2.18. The van der Waals surface area contributed by atoms with E-state index in [1.165, 1.54) is 0 Å². The summed E-state index contributed by atoms with van der Waals surface area (Å²) in [7, 11) is 0. The lowest BCUT2D eigenvalue weighted by molar-refractivity contribution is -0.142. The summed E-state index contributed by atoms with van der Waals surface area (Å²) in [5.74, 6) is -0.115. The highest BCUT2D eigenvalue weighted by Crippen LogP contribution is 2.09. The van der Waals surface area contributed by atoms with Crippen LogP contribution in [0, 0.1) is 0 Å². The van der Waals surface area contributed by atoms with Crippen LogP contribution in [0.15, 0.2) is 17.5 Å². The van der Waals surface area contributed by atoms with Crippen LogP contribution in [0.5, 0.6) is 0 Å². The van der Waals surface area contributed by atoms with Gasteiger partial charge < -0.3 is 4.74 Å². The third-order valence-electron chi connectivity index (χ3n) is 1.66. The Kier molecular flexibility index (Phi) is 4.54. The maximum Gasteiger partial charge on any atom is 0.311 e. The summed E-state index contributed by atoms with van der Waals surface area (Å²) in [6.45, 7) is 2.63. The van der Waals surface area contributed by atoms with Gasteiger partial charge in [-0.25, -0.2) is 0 Å². The third kappa shape index (κ3) is 4.08. The molecule has 0 aliphatic heterocycles. The number of rotatable bonds is 5. The summed E-state index contributed by atoms with van der Waals surface area (Å²) in [6, 6.07) is 3.89. The van der Waals surface area contributed by atoms with Crippen molar-refractivity contribution < 1.29 is 9.53 Å². The van der Waals surface area contributed by atoms with E-state index in [2.05, 4.69) is 6.92 Å². The highest BCUT2D eigenvalue weighted by molar-refractivity contribution is 7.10. The molecule has 1 rings (SSSR count). The van der Waals surface area contributed by atoms with Gasteiger partial charge >= 0.3 is 5.97 Å². The van der Waals surface area contributed by atoms with Crippen LogP contribution in [0.1, 0.15) is 24.6 Å². The molecule has 2 nitrogen and oxygen atoms in total. The molecule has 0 saturated carbocycles. The van der Waals surface area contributed by atoms with Crippen molar-refractivity contribution in [3.8, 4) is 0 Å². The first kappa shape index (κ1) is 10.3. The summed E-state index contributed by atoms with van der Waals surface area (Å²) in [5.41, 5.74) is 0. The zero-order chi connectivity index (χ0) is 9.52. The Morgan fingerprint density at radius 2 is 2.46 bits per heavy atom. The van der Waals surface area contributed by atoms with Crippen molar-refractivity contribution in [3.05, 3.63) is 22.4 Å². The fourth-order valence-corrected chi connectivity index (χ4v) is 1.63. The molecule has 3 heteroatoms. The van der Waals surface area contributed by atoms with Gasteiger partial charge in [-0.1, -0.05) is 19.4 Å². The predicted molar refractivity (Wildman–Crippen MR) is 53.9 cm³/mol. The van der Waals surface area contributed by atoms with Crippen LogP contribution in [0.4, 0.5) is 0 Å². The Morgan fingerprint density at radius 1 is 1.62 bits per heavy atom. The lowest BCUT2D eigenvalue weighted by Gasteiger charge is -2.01. The van der Waals surface area contributed by atoms with Crippen molar-refractivity contribution in [1.29, 1.82) is 0 Å². The Bertz CT molecular complexity index is 241. The monoisotopic (exact) mass is 198 g/mol. The predicted octanol–water partition coefficient (Wildman–Crippen LogP) is 2.63. The second-order valence-electron chi connectivity index (χ2n) is 2.83. The molecule has 0 spiro atoms. The number of carbonyl (C=O) groups excluding carboxylic acids is 1. The minimum Gasteiger partial charge on any atom is -0.465 e. The third-order valence-corrected chi connectivity index (χ3v) is 2.54. The molecular weight excluding hydrogens is 184 g/mol. The average Bonchev–Trinajstić information content (AvgIpc) is 2.57. The number of ether oxygens (including phenoxy) is 1. The van der Waals surface area contributed by atoms with Gasteiger partial charge in [-0.05, 0) is 17.9 Å². The molecule has 0 N–H and O–H groups in total. The van der Waals surface area contributed by atoms with Crippen molar-refractivity contribution in [3.63, 3.8) is 0 Å². The summed E-state index contributed by atoms with van der Waals surface area (Å²) in [4.78, 5) is 12.2. The molecule has 0 radical (unpaired) electrons. The van der Waals surface area contributed by atoms with Gasteiger partial charge in [0.15, 0.2) is 0 Å². The quantitative estimate of drug-likeness (QED) is 0.537. The Labute approximate surface area is 82.5 Å². The molecule has 0 amide bonds. The van der Waals surface area contributed by atoms with E-state index in [-0.39, 0.29) is 5.97 Å². The zero-order valence-electron chi connectivity index (χ0n) is 7.79. The molecule has 72 valence electrons. The molecule has 0 saturated heterocycles. The molecule has 0 aromatic carbocycles. The Hall–Kier alpha value is -0.830. The van der Waals surface area contributed by atoms with Crippen LogP contribution in [0.2, 0.25) is 0 Å². The molecule has 13 heavy (non-hydrogen) atoms. The van der Waals surface area contributed by atoms with Gasteiger partial charge in [-0.2, -0.15) is 0 Å². The van der Waals surface area contributed by atoms with Crippen molar-refractivity contribution in [2.75, 3.05) is 6.61 Å². The number of thiophene rings is 1. The van der Waals surface area contributed by atoms with Gasteiger partial charge in [-0.15, -0.1) is 11.3 Å². The molecule has 1 aromatic heterocycles. The highest BCUT2D eigenvalue weighted by Gasteiger charge is 2.04. The van der Waals surface area contributed by atoms with E-state index in [0.29, 0.717) is 13.0 Å². The van der Waals surface area contributed by atoms with Crippen LogP contribution in [-0.4, -0.2) is 12.6 Å². The first-order chi connectivity index (χ1) is 6.33. The summed E-state index contributed by atoms with van der Waals surface area (Å²) in [5, 5.41) is 1.97. The molecule has 0 aliphatic rings. The molecule has 0 fully saturated rings.